The number of anilines is 1. The van der Waals surface area contributed by atoms with Gasteiger partial charge in [-0.1, -0.05) is 0 Å². The van der Waals surface area contributed by atoms with Gasteiger partial charge < -0.3 is 15.8 Å². The topological polar surface area (TPSA) is 110 Å². The summed E-state index contributed by atoms with van der Waals surface area (Å²) in [6.07, 6.45) is 4.83. The Morgan fingerprint density at radius 2 is 2.12 bits per heavy atom. The second-order valence-electron chi connectivity index (χ2n) is 6.03. The molecular formula is C18H21N5O3. The maximum atomic E-state index is 12.0. The van der Waals surface area contributed by atoms with Gasteiger partial charge in [-0.15, -0.1) is 0 Å². The minimum absolute atomic E-state index is 0.214. The van der Waals surface area contributed by atoms with Crippen LogP contribution in [0.5, 0.6) is 0 Å². The van der Waals surface area contributed by atoms with E-state index in [4.69, 9.17) is 10.5 Å². The number of nitrogens with zero attached hydrogens (tertiary/aromatic N) is 3. The predicted octanol–water partition coefficient (Wildman–Crippen LogP) is 1.48. The number of nitrogens with two attached hydrogens (primary N) is 1. The lowest BCUT2D eigenvalue weighted by molar-refractivity contribution is 0.0962. The molecule has 8 heteroatoms. The molecule has 0 spiro atoms. The van der Waals surface area contributed by atoms with E-state index >= 15 is 0 Å². The summed E-state index contributed by atoms with van der Waals surface area (Å²) in [6, 6.07) is 3.24. The van der Waals surface area contributed by atoms with E-state index in [1.165, 1.54) is 11.1 Å². The lowest BCUT2D eigenvalue weighted by Crippen LogP contribution is -2.40. The van der Waals surface area contributed by atoms with Gasteiger partial charge in [0.2, 0.25) is 0 Å². The van der Waals surface area contributed by atoms with Crippen molar-refractivity contribution in [1.29, 1.82) is 0 Å². The smallest absolute Gasteiger partial charge is 0.320 e. The van der Waals surface area contributed by atoms with E-state index < -0.39 is 6.03 Å². The number of aryl methyl sites for hydroxylation is 1. The molecule has 3 N–H and O–H groups in total. The van der Waals surface area contributed by atoms with Gasteiger partial charge in [0.15, 0.2) is 0 Å². The molecule has 3 amide bonds. The van der Waals surface area contributed by atoms with Crippen LogP contribution in [0.4, 0.5) is 10.6 Å². The molecule has 0 saturated heterocycles. The van der Waals surface area contributed by atoms with Crippen LogP contribution in [0.2, 0.25) is 0 Å². The van der Waals surface area contributed by atoms with Gasteiger partial charge in [-0.25, -0.2) is 9.78 Å². The predicted molar refractivity (Wildman–Crippen MR) is 96.8 cm³/mol. The number of hydrogen-bond acceptors (Lipinski definition) is 5. The van der Waals surface area contributed by atoms with Gasteiger partial charge in [-0.2, -0.15) is 0 Å². The standard InChI is InChI=1S/C18H21N5O3/c1-20-17(24)13-7-14(15(10-26-2)21-9-13)12-6-11-4-3-5-23(18(19)25)16(11)22-8-12/h6-9H,3-5,10H2,1-2H3,(H2,19,25)(H,20,24). The molecule has 0 radical (unpaired) electrons. The van der Waals surface area contributed by atoms with E-state index in [0.29, 0.717) is 30.2 Å². The highest BCUT2D eigenvalue weighted by atomic mass is 16.5. The highest BCUT2D eigenvalue weighted by molar-refractivity contribution is 5.95. The molecule has 136 valence electrons. The molecule has 2 aromatic rings. The van der Waals surface area contributed by atoms with Crippen LogP contribution >= 0.6 is 0 Å². The Morgan fingerprint density at radius 3 is 2.81 bits per heavy atom. The fourth-order valence-corrected chi connectivity index (χ4v) is 3.09. The Balaban J connectivity index is 2.08. The van der Waals surface area contributed by atoms with Gasteiger partial charge in [0.25, 0.3) is 5.91 Å². The van der Waals surface area contributed by atoms with Crippen LogP contribution in [0.15, 0.2) is 24.5 Å². The average molecular weight is 355 g/mol. The molecule has 0 fully saturated rings. The lowest BCUT2D eigenvalue weighted by atomic mass is 9.98. The Morgan fingerprint density at radius 1 is 1.31 bits per heavy atom. The van der Waals surface area contributed by atoms with E-state index in [1.54, 1.807) is 26.4 Å². The van der Waals surface area contributed by atoms with E-state index in [0.717, 1.165) is 29.5 Å². The zero-order valence-corrected chi connectivity index (χ0v) is 14.8. The maximum Gasteiger partial charge on any atom is 0.320 e. The number of hydrogen-bond donors (Lipinski definition) is 2. The molecule has 0 aliphatic carbocycles. The van der Waals surface area contributed by atoms with Crippen molar-refractivity contribution < 1.29 is 14.3 Å². The van der Waals surface area contributed by atoms with Crippen molar-refractivity contribution in [3.8, 4) is 11.1 Å². The number of methoxy groups -OCH3 is 1. The number of carbonyl (C=O) groups excluding carboxylic acids is 2. The number of nitrogens with one attached hydrogen (secondary N) is 1. The first-order valence-electron chi connectivity index (χ1n) is 8.31. The monoisotopic (exact) mass is 355 g/mol. The maximum absolute atomic E-state index is 12.0. The number of amides is 3. The molecule has 2 aromatic heterocycles. The Kier molecular flexibility index (Phi) is 5.13. The largest absolute Gasteiger partial charge is 0.378 e. The molecule has 0 atom stereocenters. The van der Waals surface area contributed by atoms with E-state index in [9.17, 15) is 9.59 Å². The Hall–Kier alpha value is -3.00. The van der Waals surface area contributed by atoms with E-state index in [1.807, 2.05) is 6.07 Å². The van der Waals surface area contributed by atoms with Crippen LogP contribution in [0.25, 0.3) is 11.1 Å². The van der Waals surface area contributed by atoms with Crippen molar-refractivity contribution in [2.75, 3.05) is 25.6 Å². The van der Waals surface area contributed by atoms with Gasteiger partial charge in [-0.3, -0.25) is 14.7 Å². The summed E-state index contributed by atoms with van der Waals surface area (Å²) < 4.78 is 5.23. The molecule has 3 heterocycles. The molecule has 1 aliphatic heterocycles. The number of ether oxygens (including phenoxy) is 1. The number of pyridine rings is 2. The normalized spacial score (nSPS) is 13.2. The molecular weight excluding hydrogens is 334 g/mol. The van der Waals surface area contributed by atoms with Crippen molar-refractivity contribution in [2.24, 2.45) is 5.73 Å². The molecule has 8 nitrogen and oxygen atoms in total. The zero-order chi connectivity index (χ0) is 18.7. The van der Waals surface area contributed by atoms with Crippen molar-refractivity contribution in [3.63, 3.8) is 0 Å². The molecule has 26 heavy (non-hydrogen) atoms. The molecule has 0 aromatic carbocycles. The van der Waals surface area contributed by atoms with Crippen molar-refractivity contribution in [3.05, 3.63) is 41.3 Å². The third-order valence-corrected chi connectivity index (χ3v) is 4.34. The highest BCUT2D eigenvalue weighted by Crippen LogP contribution is 2.31. The lowest BCUT2D eigenvalue weighted by Gasteiger charge is -2.27. The Bertz CT molecular complexity index is 853. The highest BCUT2D eigenvalue weighted by Gasteiger charge is 2.23. The quantitative estimate of drug-likeness (QED) is 0.863. The molecule has 0 unspecified atom stereocenters. The number of aromatic nitrogens is 2. The second kappa shape index (κ2) is 7.49. The summed E-state index contributed by atoms with van der Waals surface area (Å²) in [4.78, 5) is 33.9. The van der Waals surface area contributed by atoms with Gasteiger partial charge in [-0.05, 0) is 30.5 Å². The molecule has 1 aliphatic rings. The van der Waals surface area contributed by atoms with Gasteiger partial charge >= 0.3 is 6.03 Å². The van der Waals surface area contributed by atoms with Gasteiger partial charge in [0.05, 0.1) is 17.9 Å². The van der Waals surface area contributed by atoms with Crippen LogP contribution < -0.4 is 16.0 Å². The summed E-state index contributed by atoms with van der Waals surface area (Å²) in [5.74, 6) is 0.379. The van der Waals surface area contributed by atoms with Crippen LogP contribution in [0.3, 0.4) is 0 Å². The summed E-state index contributed by atoms with van der Waals surface area (Å²) in [5.41, 5.74) is 9.15. The molecule has 0 bridgehead atoms. The average Bonchev–Trinajstić information content (AvgIpc) is 2.66. The zero-order valence-electron chi connectivity index (χ0n) is 14.8. The van der Waals surface area contributed by atoms with E-state index in [2.05, 4.69) is 15.3 Å². The van der Waals surface area contributed by atoms with E-state index in [-0.39, 0.29) is 5.91 Å². The molecule has 0 saturated carbocycles. The van der Waals surface area contributed by atoms with Crippen LogP contribution in [-0.2, 0) is 17.8 Å². The van der Waals surface area contributed by atoms with Crippen LogP contribution in [0, 0.1) is 0 Å². The number of rotatable bonds is 4. The van der Waals surface area contributed by atoms with Crippen molar-refractivity contribution >= 4 is 17.8 Å². The third kappa shape index (κ3) is 3.36. The molecule has 3 rings (SSSR count). The summed E-state index contributed by atoms with van der Waals surface area (Å²) in [7, 11) is 3.16. The van der Waals surface area contributed by atoms with Crippen molar-refractivity contribution in [2.45, 2.75) is 19.4 Å². The van der Waals surface area contributed by atoms with Crippen LogP contribution in [0.1, 0.15) is 28.0 Å². The summed E-state index contributed by atoms with van der Waals surface area (Å²) in [5, 5.41) is 2.60. The number of carbonyl (C=O) groups is 2. The number of primary amides is 1. The fraction of sp³-hybridized carbons (Fsp3) is 0.333. The Labute approximate surface area is 151 Å². The minimum Gasteiger partial charge on any atom is -0.378 e. The van der Waals surface area contributed by atoms with Gasteiger partial charge in [0, 0.05) is 44.2 Å². The summed E-state index contributed by atoms with van der Waals surface area (Å²) in [6.45, 7) is 0.880. The SMILES string of the molecule is CNC(=O)c1cnc(COC)c(-c2cnc3c(c2)CCCN3C(N)=O)c1. The van der Waals surface area contributed by atoms with Gasteiger partial charge in [0.1, 0.15) is 5.82 Å². The minimum atomic E-state index is -0.505. The first-order valence-corrected chi connectivity index (χ1v) is 8.31. The number of urea groups is 1. The fourth-order valence-electron chi connectivity index (χ4n) is 3.09. The number of fused-ring (bicyclic) bond motifs is 1. The first-order chi connectivity index (χ1) is 12.5. The third-order valence-electron chi connectivity index (χ3n) is 4.34. The van der Waals surface area contributed by atoms with Crippen LogP contribution in [-0.4, -0.2) is 42.6 Å². The van der Waals surface area contributed by atoms with Crippen molar-refractivity contribution in [1.82, 2.24) is 15.3 Å². The first kappa shape index (κ1) is 17.8. The summed E-state index contributed by atoms with van der Waals surface area (Å²) >= 11 is 0. The second-order valence-corrected chi connectivity index (χ2v) is 6.03.